The summed E-state index contributed by atoms with van der Waals surface area (Å²) in [5.41, 5.74) is 0.321. The number of halogens is 1. The minimum Gasteiger partial charge on any atom is -0.497 e. The first-order valence-corrected chi connectivity index (χ1v) is 6.91. The van der Waals surface area contributed by atoms with Gasteiger partial charge in [-0.2, -0.15) is 0 Å². The molecule has 0 aromatic heterocycles. The van der Waals surface area contributed by atoms with E-state index in [0.29, 0.717) is 11.4 Å². The fourth-order valence-corrected chi connectivity index (χ4v) is 1.82. The first-order chi connectivity index (χ1) is 11.0. The number of benzene rings is 2. The Bertz CT molecular complexity index is 700. The quantitative estimate of drug-likeness (QED) is 0.861. The molecule has 0 bridgehead atoms. The third kappa shape index (κ3) is 4.29. The van der Waals surface area contributed by atoms with E-state index in [0.717, 1.165) is 6.07 Å². The van der Waals surface area contributed by atoms with Gasteiger partial charge >= 0.3 is 5.97 Å². The van der Waals surface area contributed by atoms with Gasteiger partial charge in [-0.3, -0.25) is 4.79 Å². The molecule has 0 spiro atoms. The Kier molecular flexibility index (Phi) is 5.30. The van der Waals surface area contributed by atoms with Crippen LogP contribution >= 0.6 is 0 Å². The van der Waals surface area contributed by atoms with Crippen LogP contribution in [0.1, 0.15) is 17.3 Å². The highest BCUT2D eigenvalue weighted by molar-refractivity contribution is 5.97. The van der Waals surface area contributed by atoms with Crippen LogP contribution in [0.2, 0.25) is 0 Å². The van der Waals surface area contributed by atoms with E-state index in [1.165, 1.54) is 32.2 Å². The lowest BCUT2D eigenvalue weighted by Crippen LogP contribution is -2.30. The summed E-state index contributed by atoms with van der Waals surface area (Å²) in [5, 5.41) is 2.60. The smallest absolute Gasteiger partial charge is 0.341 e. The normalized spacial score (nSPS) is 11.4. The van der Waals surface area contributed by atoms with Crippen molar-refractivity contribution in [2.45, 2.75) is 13.0 Å². The average molecular weight is 317 g/mol. The second kappa shape index (κ2) is 7.40. The monoisotopic (exact) mass is 317 g/mol. The van der Waals surface area contributed by atoms with E-state index in [-0.39, 0.29) is 5.56 Å². The summed E-state index contributed by atoms with van der Waals surface area (Å²) < 4.78 is 23.5. The maximum atomic E-state index is 13.5. The van der Waals surface area contributed by atoms with E-state index in [9.17, 15) is 14.0 Å². The minimum atomic E-state index is -1.07. The Labute approximate surface area is 133 Å². The van der Waals surface area contributed by atoms with Gasteiger partial charge in [0.1, 0.15) is 11.6 Å². The van der Waals surface area contributed by atoms with E-state index < -0.39 is 23.8 Å². The predicted molar refractivity (Wildman–Crippen MR) is 82.9 cm³/mol. The summed E-state index contributed by atoms with van der Waals surface area (Å²) in [6, 6.07) is 12.1. The van der Waals surface area contributed by atoms with Crippen LogP contribution in [0, 0.1) is 5.82 Å². The second-order valence-corrected chi connectivity index (χ2v) is 4.75. The van der Waals surface area contributed by atoms with Crippen molar-refractivity contribution in [2.75, 3.05) is 12.4 Å². The number of methoxy groups -OCH3 is 1. The number of nitrogens with one attached hydrogen (secondary N) is 1. The highest BCUT2D eigenvalue weighted by Gasteiger charge is 2.20. The van der Waals surface area contributed by atoms with Gasteiger partial charge in [-0.15, -0.1) is 0 Å². The molecule has 0 saturated heterocycles. The third-order valence-corrected chi connectivity index (χ3v) is 3.10. The van der Waals surface area contributed by atoms with Gasteiger partial charge in [-0.25, -0.2) is 9.18 Å². The molecule has 1 atom stereocenters. The molecular weight excluding hydrogens is 301 g/mol. The first kappa shape index (κ1) is 16.5. The van der Waals surface area contributed by atoms with E-state index in [4.69, 9.17) is 9.47 Å². The number of esters is 1. The number of anilines is 1. The molecule has 1 N–H and O–H groups in total. The Morgan fingerprint density at radius 1 is 1.09 bits per heavy atom. The van der Waals surface area contributed by atoms with Gasteiger partial charge in [0.15, 0.2) is 6.10 Å². The Hall–Kier alpha value is -2.89. The van der Waals surface area contributed by atoms with Gasteiger partial charge < -0.3 is 14.8 Å². The fourth-order valence-electron chi connectivity index (χ4n) is 1.82. The molecule has 23 heavy (non-hydrogen) atoms. The molecule has 2 aromatic rings. The Morgan fingerprint density at radius 3 is 2.35 bits per heavy atom. The molecule has 0 aliphatic carbocycles. The Morgan fingerprint density at radius 2 is 1.74 bits per heavy atom. The first-order valence-electron chi connectivity index (χ1n) is 6.91. The molecule has 0 fully saturated rings. The maximum absolute atomic E-state index is 13.5. The zero-order chi connectivity index (χ0) is 16.8. The van der Waals surface area contributed by atoms with Crippen LogP contribution in [0.4, 0.5) is 10.1 Å². The lowest BCUT2D eigenvalue weighted by molar-refractivity contribution is -0.123. The topological polar surface area (TPSA) is 64.6 Å². The lowest BCUT2D eigenvalue weighted by Gasteiger charge is -2.14. The molecule has 5 nitrogen and oxygen atoms in total. The molecule has 1 amide bonds. The molecule has 6 heteroatoms. The number of rotatable bonds is 5. The van der Waals surface area contributed by atoms with Crippen LogP contribution in [-0.2, 0) is 9.53 Å². The van der Waals surface area contributed by atoms with Crippen molar-refractivity contribution in [2.24, 2.45) is 0 Å². The van der Waals surface area contributed by atoms with Crippen LogP contribution in [0.15, 0.2) is 48.5 Å². The molecule has 0 saturated carbocycles. The zero-order valence-corrected chi connectivity index (χ0v) is 12.7. The van der Waals surface area contributed by atoms with Crippen molar-refractivity contribution >= 4 is 17.6 Å². The lowest BCUT2D eigenvalue weighted by atomic mass is 10.2. The largest absolute Gasteiger partial charge is 0.497 e. The average Bonchev–Trinajstić information content (AvgIpc) is 2.55. The molecule has 2 aromatic carbocycles. The van der Waals surface area contributed by atoms with Crippen LogP contribution in [0.3, 0.4) is 0 Å². The second-order valence-electron chi connectivity index (χ2n) is 4.75. The fraction of sp³-hybridized carbons (Fsp3) is 0.176. The molecule has 1 unspecified atom stereocenters. The van der Waals surface area contributed by atoms with E-state index in [2.05, 4.69) is 5.32 Å². The number of carbonyl (C=O) groups is 2. The summed E-state index contributed by atoms with van der Waals surface area (Å²) in [7, 11) is 1.54. The van der Waals surface area contributed by atoms with Crippen molar-refractivity contribution in [3.8, 4) is 5.75 Å². The van der Waals surface area contributed by atoms with Crippen molar-refractivity contribution in [1.82, 2.24) is 0 Å². The molecule has 0 aliphatic rings. The van der Waals surface area contributed by atoms with Crippen LogP contribution < -0.4 is 10.1 Å². The molecule has 2 rings (SSSR count). The van der Waals surface area contributed by atoms with E-state index >= 15 is 0 Å². The highest BCUT2D eigenvalue weighted by Crippen LogP contribution is 2.16. The highest BCUT2D eigenvalue weighted by atomic mass is 19.1. The van der Waals surface area contributed by atoms with Gasteiger partial charge in [0.05, 0.1) is 12.7 Å². The van der Waals surface area contributed by atoms with Crippen molar-refractivity contribution in [3.63, 3.8) is 0 Å². The molecular formula is C17H16FNO4. The summed E-state index contributed by atoms with van der Waals surface area (Å²) >= 11 is 0. The summed E-state index contributed by atoms with van der Waals surface area (Å²) in [6.45, 7) is 1.41. The molecule has 0 heterocycles. The van der Waals surface area contributed by atoms with Gasteiger partial charge in [0.25, 0.3) is 5.91 Å². The van der Waals surface area contributed by atoms with Crippen LogP contribution in [0.5, 0.6) is 5.75 Å². The SMILES string of the molecule is COc1ccc(NC(=O)C(C)OC(=O)c2ccccc2F)cc1. The van der Waals surface area contributed by atoms with Crippen molar-refractivity contribution in [1.29, 1.82) is 0 Å². The molecule has 0 radical (unpaired) electrons. The number of ether oxygens (including phenoxy) is 2. The summed E-state index contributed by atoms with van der Waals surface area (Å²) in [5.74, 6) is -1.44. The number of hydrogen-bond acceptors (Lipinski definition) is 4. The minimum absolute atomic E-state index is 0.211. The van der Waals surface area contributed by atoms with Gasteiger partial charge in [-0.1, -0.05) is 12.1 Å². The number of carbonyl (C=O) groups excluding carboxylic acids is 2. The van der Waals surface area contributed by atoms with E-state index in [1.54, 1.807) is 24.3 Å². The summed E-state index contributed by atoms with van der Waals surface area (Å²) in [4.78, 5) is 23.9. The molecule has 0 aliphatic heterocycles. The van der Waals surface area contributed by atoms with Crippen molar-refractivity contribution in [3.05, 3.63) is 59.9 Å². The van der Waals surface area contributed by atoms with Crippen LogP contribution in [0.25, 0.3) is 0 Å². The maximum Gasteiger partial charge on any atom is 0.341 e. The zero-order valence-electron chi connectivity index (χ0n) is 12.7. The van der Waals surface area contributed by atoms with Gasteiger partial charge in [-0.05, 0) is 43.3 Å². The standard InChI is InChI=1S/C17H16FNO4/c1-11(23-17(21)14-5-3-4-6-15(14)18)16(20)19-12-7-9-13(22-2)10-8-12/h3-11H,1-2H3,(H,19,20). The molecule has 120 valence electrons. The van der Waals surface area contributed by atoms with Gasteiger partial charge in [0, 0.05) is 5.69 Å². The van der Waals surface area contributed by atoms with Crippen LogP contribution in [-0.4, -0.2) is 25.1 Å². The van der Waals surface area contributed by atoms with E-state index in [1.807, 2.05) is 0 Å². The van der Waals surface area contributed by atoms with Gasteiger partial charge in [0.2, 0.25) is 0 Å². The summed E-state index contributed by atoms with van der Waals surface area (Å²) in [6.07, 6.45) is -1.07. The predicted octanol–water partition coefficient (Wildman–Crippen LogP) is 3.02. The van der Waals surface area contributed by atoms with Crippen molar-refractivity contribution < 1.29 is 23.5 Å². The number of hydrogen-bond donors (Lipinski definition) is 1. The number of amides is 1. The third-order valence-electron chi connectivity index (χ3n) is 3.10. The Balaban J connectivity index is 1.96.